The number of rotatable bonds is 3. The molecular formula is C15H15F2NO. The van der Waals surface area contributed by atoms with Crippen LogP contribution in [0.2, 0.25) is 0 Å². The molecule has 4 heteroatoms. The first-order valence-electron chi connectivity index (χ1n) is 5.84. The van der Waals surface area contributed by atoms with Gasteiger partial charge in [-0.3, -0.25) is 0 Å². The second kappa shape index (κ2) is 4.97. The van der Waals surface area contributed by atoms with Gasteiger partial charge in [-0.1, -0.05) is 12.1 Å². The highest BCUT2D eigenvalue weighted by Gasteiger charge is 2.28. The Morgan fingerprint density at radius 1 is 1.05 bits per heavy atom. The van der Waals surface area contributed by atoms with Crippen molar-refractivity contribution >= 4 is 0 Å². The minimum atomic E-state index is -1.05. The van der Waals surface area contributed by atoms with Crippen LogP contribution in [-0.2, 0) is 5.54 Å². The third kappa shape index (κ3) is 2.58. The van der Waals surface area contributed by atoms with Gasteiger partial charge in [0.05, 0.1) is 12.6 Å². The van der Waals surface area contributed by atoms with Gasteiger partial charge in [-0.25, -0.2) is 8.78 Å². The molecule has 1 unspecified atom stereocenters. The molecule has 0 radical (unpaired) electrons. The Bertz CT molecular complexity index is 596. The lowest BCUT2D eigenvalue weighted by molar-refractivity contribution is 0.396. The van der Waals surface area contributed by atoms with Crippen LogP contribution in [0.15, 0.2) is 42.5 Å². The van der Waals surface area contributed by atoms with Crippen LogP contribution in [0.25, 0.3) is 0 Å². The molecule has 0 fully saturated rings. The average molecular weight is 263 g/mol. The van der Waals surface area contributed by atoms with E-state index >= 15 is 0 Å². The van der Waals surface area contributed by atoms with Crippen LogP contribution in [0.3, 0.4) is 0 Å². The maximum atomic E-state index is 13.4. The lowest BCUT2D eigenvalue weighted by atomic mass is 9.85. The Balaban J connectivity index is 2.58. The van der Waals surface area contributed by atoms with E-state index in [-0.39, 0.29) is 5.82 Å². The van der Waals surface area contributed by atoms with E-state index in [2.05, 4.69) is 0 Å². The molecule has 0 spiro atoms. The first-order chi connectivity index (χ1) is 8.95. The van der Waals surface area contributed by atoms with Gasteiger partial charge >= 0.3 is 0 Å². The molecule has 2 aromatic carbocycles. The first-order valence-corrected chi connectivity index (χ1v) is 5.84. The molecule has 0 saturated heterocycles. The Labute approximate surface area is 110 Å². The molecule has 2 rings (SSSR count). The SMILES string of the molecule is COc1ccc(F)cc1C(C)(N)c1cccc(F)c1. The predicted molar refractivity (Wildman–Crippen MR) is 70.0 cm³/mol. The molecule has 0 bridgehead atoms. The smallest absolute Gasteiger partial charge is 0.124 e. The van der Waals surface area contributed by atoms with Crippen molar-refractivity contribution in [1.82, 2.24) is 0 Å². The van der Waals surface area contributed by atoms with E-state index in [0.29, 0.717) is 16.9 Å². The summed E-state index contributed by atoms with van der Waals surface area (Å²) in [6.45, 7) is 1.69. The maximum Gasteiger partial charge on any atom is 0.124 e. The van der Waals surface area contributed by atoms with Gasteiger partial charge in [-0.05, 0) is 42.8 Å². The summed E-state index contributed by atoms with van der Waals surface area (Å²) in [5.41, 5.74) is 6.24. The zero-order chi connectivity index (χ0) is 14.0. The Kier molecular flexibility index (Phi) is 3.53. The fourth-order valence-electron chi connectivity index (χ4n) is 2.05. The van der Waals surface area contributed by atoms with Crippen LogP contribution < -0.4 is 10.5 Å². The molecule has 0 aromatic heterocycles. The van der Waals surface area contributed by atoms with Gasteiger partial charge < -0.3 is 10.5 Å². The molecule has 0 aliphatic rings. The van der Waals surface area contributed by atoms with Crippen molar-refractivity contribution in [2.45, 2.75) is 12.5 Å². The lowest BCUT2D eigenvalue weighted by Gasteiger charge is -2.27. The minimum absolute atomic E-state index is 0.385. The van der Waals surface area contributed by atoms with E-state index < -0.39 is 11.4 Å². The molecule has 0 saturated carbocycles. The second-order valence-electron chi connectivity index (χ2n) is 4.56. The van der Waals surface area contributed by atoms with Crippen molar-refractivity contribution in [3.05, 3.63) is 65.2 Å². The van der Waals surface area contributed by atoms with Gasteiger partial charge in [0.1, 0.15) is 17.4 Å². The molecule has 0 aliphatic carbocycles. The van der Waals surface area contributed by atoms with E-state index in [1.54, 1.807) is 19.1 Å². The van der Waals surface area contributed by atoms with Crippen LogP contribution in [0, 0.1) is 11.6 Å². The summed E-state index contributed by atoms with van der Waals surface area (Å²) in [5.74, 6) is -0.330. The van der Waals surface area contributed by atoms with Gasteiger partial charge in [0.2, 0.25) is 0 Å². The van der Waals surface area contributed by atoms with Crippen molar-refractivity contribution in [3.63, 3.8) is 0 Å². The van der Waals surface area contributed by atoms with Crippen LogP contribution >= 0.6 is 0 Å². The highest BCUT2D eigenvalue weighted by molar-refractivity contribution is 5.45. The van der Waals surface area contributed by atoms with E-state index in [9.17, 15) is 8.78 Å². The normalized spacial score (nSPS) is 13.9. The number of halogens is 2. The Morgan fingerprint density at radius 3 is 2.37 bits per heavy atom. The number of nitrogens with two attached hydrogens (primary N) is 1. The highest BCUT2D eigenvalue weighted by atomic mass is 19.1. The maximum absolute atomic E-state index is 13.4. The summed E-state index contributed by atoms with van der Waals surface area (Å²) in [4.78, 5) is 0. The van der Waals surface area contributed by atoms with Crippen LogP contribution in [0.1, 0.15) is 18.1 Å². The van der Waals surface area contributed by atoms with E-state index in [1.165, 1.54) is 37.4 Å². The van der Waals surface area contributed by atoms with Gasteiger partial charge in [0, 0.05) is 5.56 Å². The van der Waals surface area contributed by atoms with E-state index in [1.807, 2.05) is 0 Å². The molecule has 2 aromatic rings. The van der Waals surface area contributed by atoms with Crippen LogP contribution in [-0.4, -0.2) is 7.11 Å². The van der Waals surface area contributed by atoms with E-state index in [0.717, 1.165) is 0 Å². The fraction of sp³-hybridized carbons (Fsp3) is 0.200. The van der Waals surface area contributed by atoms with Gasteiger partial charge in [0.15, 0.2) is 0 Å². The zero-order valence-electron chi connectivity index (χ0n) is 10.8. The Morgan fingerprint density at radius 2 is 1.74 bits per heavy atom. The van der Waals surface area contributed by atoms with Crippen LogP contribution in [0.4, 0.5) is 8.78 Å². The first kappa shape index (κ1) is 13.5. The topological polar surface area (TPSA) is 35.2 Å². The van der Waals surface area contributed by atoms with E-state index in [4.69, 9.17) is 10.5 Å². The number of benzene rings is 2. The molecule has 0 heterocycles. The largest absolute Gasteiger partial charge is 0.496 e. The third-order valence-corrected chi connectivity index (χ3v) is 3.15. The average Bonchev–Trinajstić information content (AvgIpc) is 2.38. The van der Waals surface area contributed by atoms with Crippen molar-refractivity contribution in [3.8, 4) is 5.75 Å². The Hall–Kier alpha value is -1.94. The van der Waals surface area contributed by atoms with Crippen molar-refractivity contribution in [2.75, 3.05) is 7.11 Å². The van der Waals surface area contributed by atoms with Gasteiger partial charge in [-0.2, -0.15) is 0 Å². The number of methoxy groups -OCH3 is 1. The number of ether oxygens (including phenoxy) is 1. The number of hydrogen-bond acceptors (Lipinski definition) is 2. The summed E-state index contributed by atoms with van der Waals surface area (Å²) in [6, 6.07) is 10.1. The monoisotopic (exact) mass is 263 g/mol. The summed E-state index contributed by atoms with van der Waals surface area (Å²) in [5, 5.41) is 0. The molecule has 0 aliphatic heterocycles. The highest BCUT2D eigenvalue weighted by Crippen LogP contribution is 2.34. The molecule has 0 amide bonds. The van der Waals surface area contributed by atoms with Crippen molar-refractivity contribution in [2.24, 2.45) is 5.73 Å². The minimum Gasteiger partial charge on any atom is -0.496 e. The molecule has 2 nitrogen and oxygen atoms in total. The second-order valence-corrected chi connectivity index (χ2v) is 4.56. The van der Waals surface area contributed by atoms with Crippen molar-refractivity contribution in [1.29, 1.82) is 0 Å². The summed E-state index contributed by atoms with van der Waals surface area (Å²) < 4.78 is 31.9. The van der Waals surface area contributed by atoms with Gasteiger partial charge in [-0.15, -0.1) is 0 Å². The molecular weight excluding hydrogens is 248 g/mol. The lowest BCUT2D eigenvalue weighted by Crippen LogP contribution is -2.35. The summed E-state index contributed by atoms with van der Waals surface area (Å²) in [6.07, 6.45) is 0. The fourth-order valence-corrected chi connectivity index (χ4v) is 2.05. The molecule has 2 N–H and O–H groups in total. The third-order valence-electron chi connectivity index (χ3n) is 3.15. The van der Waals surface area contributed by atoms with Gasteiger partial charge in [0.25, 0.3) is 0 Å². The molecule has 19 heavy (non-hydrogen) atoms. The van der Waals surface area contributed by atoms with Crippen LogP contribution in [0.5, 0.6) is 5.75 Å². The number of hydrogen-bond donors (Lipinski definition) is 1. The van der Waals surface area contributed by atoms with Crippen molar-refractivity contribution < 1.29 is 13.5 Å². The summed E-state index contributed by atoms with van der Waals surface area (Å²) >= 11 is 0. The quantitative estimate of drug-likeness (QED) is 0.923. The zero-order valence-corrected chi connectivity index (χ0v) is 10.8. The standard InChI is InChI=1S/C15H15F2NO/c1-15(18,10-4-3-5-11(16)8-10)13-9-12(17)6-7-14(13)19-2/h3-9H,18H2,1-2H3. The summed E-state index contributed by atoms with van der Waals surface area (Å²) in [7, 11) is 1.48. The molecule has 1 atom stereocenters. The predicted octanol–water partition coefficient (Wildman–Crippen LogP) is 3.20. The molecule has 100 valence electrons.